The monoisotopic (exact) mass is 283 g/mol. The zero-order valence-electron chi connectivity index (χ0n) is 13.3. The van der Waals surface area contributed by atoms with Crippen molar-refractivity contribution in [2.24, 2.45) is 5.92 Å². The maximum absolute atomic E-state index is 12.4. The topological polar surface area (TPSA) is 44.8 Å². The minimum atomic E-state index is -0.417. The number of rotatable bonds is 1. The lowest BCUT2D eigenvalue weighted by Crippen LogP contribution is -2.58. The molecule has 2 aliphatic heterocycles. The van der Waals surface area contributed by atoms with Crippen molar-refractivity contribution in [2.45, 2.75) is 45.3 Å². The Balaban J connectivity index is 1.99. The Labute approximate surface area is 122 Å². The van der Waals surface area contributed by atoms with Crippen LogP contribution < -0.4 is 5.32 Å². The van der Waals surface area contributed by atoms with Crippen molar-refractivity contribution < 1.29 is 9.53 Å². The molecule has 0 saturated carbocycles. The van der Waals surface area contributed by atoms with Gasteiger partial charge in [0.05, 0.1) is 6.04 Å². The lowest BCUT2D eigenvalue weighted by molar-refractivity contribution is -0.000577. The Hall–Kier alpha value is -0.810. The lowest BCUT2D eigenvalue weighted by atomic mass is 9.87. The maximum Gasteiger partial charge on any atom is 0.410 e. The van der Waals surface area contributed by atoms with Gasteiger partial charge in [0, 0.05) is 19.6 Å². The Kier molecular flexibility index (Phi) is 4.91. The number of amides is 1. The van der Waals surface area contributed by atoms with Gasteiger partial charge in [-0.25, -0.2) is 4.79 Å². The molecule has 0 radical (unpaired) electrons. The number of likely N-dealkylation sites (tertiary alicyclic amines) is 1. The second-order valence-corrected chi connectivity index (χ2v) is 7.09. The third-order valence-electron chi connectivity index (χ3n) is 4.22. The van der Waals surface area contributed by atoms with Crippen molar-refractivity contribution in [1.82, 2.24) is 15.1 Å². The molecule has 2 fully saturated rings. The standard InChI is InChI=1S/C15H29N3O2/c1-15(2,3)20-14(19)18-10-7-16-11-13(18)12-5-8-17(4)9-6-12/h12-13,16H,5-11H2,1-4H3. The van der Waals surface area contributed by atoms with Crippen LogP contribution in [0.1, 0.15) is 33.6 Å². The number of piperidine rings is 1. The predicted octanol–water partition coefficient (Wildman–Crippen LogP) is 1.54. The highest BCUT2D eigenvalue weighted by atomic mass is 16.6. The van der Waals surface area contributed by atoms with Gasteiger partial charge in [-0.05, 0) is 59.7 Å². The third-order valence-corrected chi connectivity index (χ3v) is 4.22. The molecule has 2 rings (SSSR count). The van der Waals surface area contributed by atoms with E-state index in [2.05, 4.69) is 17.3 Å². The maximum atomic E-state index is 12.4. The normalized spacial score (nSPS) is 26.6. The molecule has 1 amide bonds. The van der Waals surface area contributed by atoms with E-state index in [-0.39, 0.29) is 12.1 Å². The average molecular weight is 283 g/mol. The van der Waals surface area contributed by atoms with Crippen LogP contribution in [0.3, 0.4) is 0 Å². The van der Waals surface area contributed by atoms with Crippen molar-refractivity contribution in [3.8, 4) is 0 Å². The molecule has 0 spiro atoms. The zero-order valence-corrected chi connectivity index (χ0v) is 13.3. The van der Waals surface area contributed by atoms with Crippen LogP contribution in [0.2, 0.25) is 0 Å². The minimum Gasteiger partial charge on any atom is -0.444 e. The van der Waals surface area contributed by atoms with Crippen LogP contribution in [0.15, 0.2) is 0 Å². The number of nitrogens with zero attached hydrogens (tertiary/aromatic N) is 2. The summed E-state index contributed by atoms with van der Waals surface area (Å²) in [6.07, 6.45) is 2.19. The van der Waals surface area contributed by atoms with E-state index in [1.54, 1.807) is 0 Å². The molecule has 1 N–H and O–H groups in total. The fraction of sp³-hybridized carbons (Fsp3) is 0.933. The molecule has 20 heavy (non-hydrogen) atoms. The highest BCUT2D eigenvalue weighted by Gasteiger charge is 2.36. The highest BCUT2D eigenvalue weighted by Crippen LogP contribution is 2.25. The molecule has 2 aliphatic rings. The second kappa shape index (κ2) is 6.31. The van der Waals surface area contributed by atoms with Gasteiger partial charge in [-0.1, -0.05) is 0 Å². The Bertz CT molecular complexity index is 333. The molecule has 116 valence electrons. The summed E-state index contributed by atoms with van der Waals surface area (Å²) in [4.78, 5) is 16.7. The van der Waals surface area contributed by atoms with E-state index in [0.29, 0.717) is 5.92 Å². The Morgan fingerprint density at radius 2 is 1.85 bits per heavy atom. The SMILES string of the molecule is CN1CCC(C2CNCCN2C(=O)OC(C)(C)C)CC1. The minimum absolute atomic E-state index is 0.150. The molecule has 0 aromatic rings. The van der Waals surface area contributed by atoms with Gasteiger partial charge in [-0.3, -0.25) is 0 Å². The van der Waals surface area contributed by atoms with Crippen LogP contribution in [0.4, 0.5) is 4.79 Å². The smallest absolute Gasteiger partial charge is 0.410 e. The first-order chi connectivity index (χ1) is 9.37. The van der Waals surface area contributed by atoms with Crippen LogP contribution in [-0.2, 0) is 4.74 Å². The molecule has 2 saturated heterocycles. The van der Waals surface area contributed by atoms with Gasteiger partial charge in [0.25, 0.3) is 0 Å². The number of nitrogens with one attached hydrogen (secondary N) is 1. The van der Waals surface area contributed by atoms with E-state index < -0.39 is 5.60 Å². The van der Waals surface area contributed by atoms with E-state index >= 15 is 0 Å². The molecule has 5 nitrogen and oxygen atoms in total. The molecule has 0 bridgehead atoms. The van der Waals surface area contributed by atoms with Crippen molar-refractivity contribution >= 4 is 6.09 Å². The van der Waals surface area contributed by atoms with Crippen LogP contribution in [-0.4, -0.2) is 67.3 Å². The second-order valence-electron chi connectivity index (χ2n) is 7.09. The fourth-order valence-corrected chi connectivity index (χ4v) is 3.11. The molecular formula is C15H29N3O2. The number of ether oxygens (including phenoxy) is 1. The molecule has 1 unspecified atom stereocenters. The molecular weight excluding hydrogens is 254 g/mol. The van der Waals surface area contributed by atoms with E-state index in [9.17, 15) is 4.79 Å². The summed E-state index contributed by atoms with van der Waals surface area (Å²) in [5.74, 6) is 0.589. The first-order valence-electron chi connectivity index (χ1n) is 7.76. The Morgan fingerprint density at radius 3 is 2.45 bits per heavy atom. The number of hydrogen-bond acceptors (Lipinski definition) is 4. The van der Waals surface area contributed by atoms with E-state index in [0.717, 1.165) is 32.7 Å². The van der Waals surface area contributed by atoms with Crippen LogP contribution in [0.25, 0.3) is 0 Å². The van der Waals surface area contributed by atoms with Crippen LogP contribution in [0, 0.1) is 5.92 Å². The summed E-state index contributed by atoms with van der Waals surface area (Å²) < 4.78 is 5.57. The summed E-state index contributed by atoms with van der Waals surface area (Å²) in [7, 11) is 2.17. The predicted molar refractivity (Wildman–Crippen MR) is 79.8 cm³/mol. The average Bonchev–Trinajstić information content (AvgIpc) is 2.38. The van der Waals surface area contributed by atoms with Gasteiger partial charge < -0.3 is 19.9 Å². The van der Waals surface area contributed by atoms with Crippen molar-refractivity contribution in [2.75, 3.05) is 39.8 Å². The van der Waals surface area contributed by atoms with Gasteiger partial charge in [-0.15, -0.1) is 0 Å². The van der Waals surface area contributed by atoms with Gasteiger partial charge in [-0.2, -0.15) is 0 Å². The molecule has 2 heterocycles. The quantitative estimate of drug-likeness (QED) is 0.793. The highest BCUT2D eigenvalue weighted by molar-refractivity contribution is 5.68. The molecule has 0 aromatic heterocycles. The van der Waals surface area contributed by atoms with Gasteiger partial charge in [0.15, 0.2) is 0 Å². The van der Waals surface area contributed by atoms with Gasteiger partial charge in [0.1, 0.15) is 5.60 Å². The zero-order chi connectivity index (χ0) is 14.8. The summed E-state index contributed by atoms with van der Waals surface area (Å²) in [6, 6.07) is 0.285. The summed E-state index contributed by atoms with van der Waals surface area (Å²) >= 11 is 0. The number of carbonyl (C=O) groups is 1. The van der Waals surface area contributed by atoms with Crippen molar-refractivity contribution in [3.63, 3.8) is 0 Å². The first-order valence-corrected chi connectivity index (χ1v) is 7.76. The van der Waals surface area contributed by atoms with Gasteiger partial charge in [0.2, 0.25) is 0 Å². The number of hydrogen-bond donors (Lipinski definition) is 1. The Morgan fingerprint density at radius 1 is 1.20 bits per heavy atom. The van der Waals surface area contributed by atoms with E-state index in [4.69, 9.17) is 4.74 Å². The van der Waals surface area contributed by atoms with Crippen molar-refractivity contribution in [1.29, 1.82) is 0 Å². The number of piperazine rings is 1. The largest absolute Gasteiger partial charge is 0.444 e. The van der Waals surface area contributed by atoms with E-state index in [1.165, 1.54) is 12.8 Å². The van der Waals surface area contributed by atoms with Crippen LogP contribution in [0.5, 0.6) is 0 Å². The van der Waals surface area contributed by atoms with Gasteiger partial charge >= 0.3 is 6.09 Å². The molecule has 5 heteroatoms. The lowest BCUT2D eigenvalue weighted by Gasteiger charge is -2.43. The molecule has 0 aromatic carbocycles. The molecule has 1 atom stereocenters. The summed E-state index contributed by atoms with van der Waals surface area (Å²) in [6.45, 7) is 10.6. The van der Waals surface area contributed by atoms with Crippen LogP contribution >= 0.6 is 0 Å². The third kappa shape index (κ3) is 4.09. The summed E-state index contributed by atoms with van der Waals surface area (Å²) in [5.41, 5.74) is -0.417. The van der Waals surface area contributed by atoms with E-state index in [1.807, 2.05) is 25.7 Å². The molecule has 0 aliphatic carbocycles. The number of carbonyl (C=O) groups excluding carboxylic acids is 1. The first kappa shape index (κ1) is 15.6. The summed E-state index contributed by atoms with van der Waals surface area (Å²) in [5, 5.41) is 3.43. The van der Waals surface area contributed by atoms with Crippen molar-refractivity contribution in [3.05, 3.63) is 0 Å². The fourth-order valence-electron chi connectivity index (χ4n) is 3.11.